The van der Waals surface area contributed by atoms with Crippen molar-refractivity contribution in [2.45, 2.75) is 45.1 Å². The Labute approximate surface area is 177 Å². The molecule has 1 aliphatic carbocycles. The van der Waals surface area contributed by atoms with Crippen LogP contribution in [0.2, 0.25) is 0 Å². The number of halogens is 1. The number of carboxylic acids is 1. The molecule has 0 radical (unpaired) electrons. The maximum Gasteiger partial charge on any atom is 0.303 e. The molecule has 0 bridgehead atoms. The number of carbonyl (C=O) groups is 1. The lowest BCUT2D eigenvalue weighted by atomic mass is 9.91. The molecule has 2 aromatic carbocycles. The quantitative estimate of drug-likeness (QED) is 0.631. The summed E-state index contributed by atoms with van der Waals surface area (Å²) in [5.41, 5.74) is 3.25. The van der Waals surface area contributed by atoms with Gasteiger partial charge in [-0.25, -0.2) is 4.39 Å². The van der Waals surface area contributed by atoms with Crippen molar-refractivity contribution in [3.05, 3.63) is 65.0 Å². The van der Waals surface area contributed by atoms with Gasteiger partial charge in [0.15, 0.2) is 0 Å². The summed E-state index contributed by atoms with van der Waals surface area (Å²) in [6.45, 7) is 5.38. The van der Waals surface area contributed by atoms with Gasteiger partial charge in [0.2, 0.25) is 0 Å². The second-order valence-electron chi connectivity index (χ2n) is 8.89. The molecule has 160 valence electrons. The van der Waals surface area contributed by atoms with Crippen molar-refractivity contribution < 1.29 is 19.0 Å². The molecule has 1 unspecified atom stereocenters. The summed E-state index contributed by atoms with van der Waals surface area (Å²) in [5.74, 6) is 0.928. The van der Waals surface area contributed by atoms with E-state index < -0.39 is 5.97 Å². The summed E-state index contributed by atoms with van der Waals surface area (Å²) in [6, 6.07) is 13.0. The molecule has 1 saturated carbocycles. The van der Waals surface area contributed by atoms with Crippen LogP contribution in [0.3, 0.4) is 0 Å². The van der Waals surface area contributed by atoms with Crippen LogP contribution in [0.4, 0.5) is 4.39 Å². The molecule has 2 atom stereocenters. The number of hydrogen-bond acceptors (Lipinski definition) is 3. The maximum atomic E-state index is 13.5. The van der Waals surface area contributed by atoms with Crippen molar-refractivity contribution in [3.8, 4) is 5.75 Å². The van der Waals surface area contributed by atoms with Gasteiger partial charge in [-0.3, -0.25) is 9.69 Å². The molecule has 2 aromatic rings. The van der Waals surface area contributed by atoms with E-state index in [1.807, 2.05) is 37.3 Å². The fourth-order valence-corrected chi connectivity index (χ4v) is 4.54. The highest BCUT2D eigenvalue weighted by Crippen LogP contribution is 2.45. The lowest BCUT2D eigenvalue weighted by molar-refractivity contribution is -0.137. The second-order valence-corrected chi connectivity index (χ2v) is 8.89. The van der Waals surface area contributed by atoms with Gasteiger partial charge in [-0.05, 0) is 85.5 Å². The third-order valence-corrected chi connectivity index (χ3v) is 6.43. The summed E-state index contributed by atoms with van der Waals surface area (Å²) in [6.07, 6.45) is 3.49. The largest absolute Gasteiger partial charge is 0.493 e. The number of aryl methyl sites for hydroxylation is 1. The highest BCUT2D eigenvalue weighted by molar-refractivity contribution is 5.68. The number of aliphatic carboxylic acids is 1. The third-order valence-electron chi connectivity index (χ3n) is 6.43. The minimum absolute atomic E-state index is 0.0857. The van der Waals surface area contributed by atoms with E-state index in [1.54, 1.807) is 6.07 Å². The Kier molecular flexibility index (Phi) is 6.38. The average Bonchev–Trinajstić information content (AvgIpc) is 3.47. The van der Waals surface area contributed by atoms with Crippen LogP contribution in [0, 0.1) is 24.6 Å². The van der Waals surface area contributed by atoms with Crippen molar-refractivity contribution in [2.75, 3.05) is 19.7 Å². The predicted octanol–water partition coefficient (Wildman–Crippen LogP) is 5.00. The van der Waals surface area contributed by atoms with Crippen molar-refractivity contribution >= 4 is 5.97 Å². The summed E-state index contributed by atoms with van der Waals surface area (Å²) >= 11 is 0. The van der Waals surface area contributed by atoms with Crippen LogP contribution in [-0.2, 0) is 11.3 Å². The minimum Gasteiger partial charge on any atom is -0.493 e. The number of carboxylic acid groups (broad SMARTS) is 1. The van der Waals surface area contributed by atoms with Crippen LogP contribution >= 0.6 is 0 Å². The predicted molar refractivity (Wildman–Crippen MR) is 114 cm³/mol. The first-order valence-electron chi connectivity index (χ1n) is 10.9. The van der Waals surface area contributed by atoms with Gasteiger partial charge in [0.05, 0.1) is 13.0 Å². The van der Waals surface area contributed by atoms with Gasteiger partial charge in [0, 0.05) is 19.0 Å². The fraction of sp³-hybridized carbons (Fsp3) is 0.480. The molecule has 4 rings (SSSR count). The van der Waals surface area contributed by atoms with E-state index in [1.165, 1.54) is 6.07 Å². The van der Waals surface area contributed by atoms with E-state index >= 15 is 0 Å². The molecule has 2 fully saturated rings. The number of nitrogens with zero attached hydrogens (tertiary/aromatic N) is 1. The Hall–Kier alpha value is -2.40. The summed E-state index contributed by atoms with van der Waals surface area (Å²) in [7, 11) is 0. The van der Waals surface area contributed by atoms with E-state index in [0.717, 1.165) is 61.3 Å². The Morgan fingerprint density at radius 1 is 1.23 bits per heavy atom. The Balaban J connectivity index is 1.31. The van der Waals surface area contributed by atoms with Gasteiger partial charge in [-0.15, -0.1) is 0 Å². The molecule has 1 heterocycles. The number of likely N-dealkylation sites (tertiary alicyclic amines) is 1. The van der Waals surface area contributed by atoms with E-state index in [4.69, 9.17) is 4.74 Å². The topological polar surface area (TPSA) is 49.8 Å². The van der Waals surface area contributed by atoms with Gasteiger partial charge >= 0.3 is 5.97 Å². The van der Waals surface area contributed by atoms with Gasteiger partial charge in [0.25, 0.3) is 0 Å². The lowest BCUT2D eigenvalue weighted by Crippen LogP contribution is -2.22. The van der Waals surface area contributed by atoms with Crippen LogP contribution in [0.1, 0.15) is 48.3 Å². The Morgan fingerprint density at radius 2 is 2.07 bits per heavy atom. The Morgan fingerprint density at radius 3 is 2.83 bits per heavy atom. The zero-order valence-electron chi connectivity index (χ0n) is 17.5. The number of hydrogen-bond donors (Lipinski definition) is 1. The summed E-state index contributed by atoms with van der Waals surface area (Å²) in [4.78, 5) is 13.6. The standard InChI is InChI=1S/C25H30FNO3/c1-17-5-8-22(26)11-21(17)15-27-10-9-18(14-27)16-30-23-4-2-3-20(12-23)24(13-25(28)29)19-6-7-19/h2-5,8,11-12,18-19,24H,6-7,9-10,13-16H2,1H3,(H,28,29)/t18?,24-/m0/s1. The number of benzene rings is 2. The summed E-state index contributed by atoms with van der Waals surface area (Å²) < 4.78 is 19.6. The summed E-state index contributed by atoms with van der Waals surface area (Å²) in [5, 5.41) is 9.24. The lowest BCUT2D eigenvalue weighted by Gasteiger charge is -2.18. The monoisotopic (exact) mass is 411 g/mol. The zero-order valence-corrected chi connectivity index (χ0v) is 17.5. The van der Waals surface area contributed by atoms with Crippen molar-refractivity contribution in [1.82, 2.24) is 4.90 Å². The molecule has 1 aliphatic heterocycles. The van der Waals surface area contributed by atoms with Gasteiger partial charge < -0.3 is 9.84 Å². The van der Waals surface area contributed by atoms with Crippen LogP contribution in [-0.4, -0.2) is 35.7 Å². The molecule has 30 heavy (non-hydrogen) atoms. The molecule has 1 N–H and O–H groups in total. The second kappa shape index (κ2) is 9.17. The molecule has 4 nitrogen and oxygen atoms in total. The van der Waals surface area contributed by atoms with Crippen LogP contribution in [0.5, 0.6) is 5.75 Å². The van der Waals surface area contributed by atoms with Crippen molar-refractivity contribution in [1.29, 1.82) is 0 Å². The normalized spacial score (nSPS) is 20.3. The van der Waals surface area contributed by atoms with E-state index in [9.17, 15) is 14.3 Å². The number of ether oxygens (including phenoxy) is 1. The van der Waals surface area contributed by atoms with Gasteiger partial charge in [-0.2, -0.15) is 0 Å². The number of rotatable bonds is 9. The van der Waals surface area contributed by atoms with E-state index in [-0.39, 0.29) is 18.2 Å². The molecular weight excluding hydrogens is 381 g/mol. The van der Waals surface area contributed by atoms with E-state index in [2.05, 4.69) is 4.90 Å². The molecular formula is C25H30FNO3. The molecule has 0 amide bonds. The van der Waals surface area contributed by atoms with Crippen LogP contribution in [0.15, 0.2) is 42.5 Å². The average molecular weight is 412 g/mol. The SMILES string of the molecule is Cc1ccc(F)cc1CN1CCC(COc2cccc([C@@H](CC(=O)O)C3CC3)c2)C1. The molecule has 5 heteroatoms. The van der Waals surface area contributed by atoms with Crippen LogP contribution < -0.4 is 4.74 Å². The smallest absolute Gasteiger partial charge is 0.303 e. The molecule has 1 saturated heterocycles. The third kappa shape index (κ3) is 5.39. The van der Waals surface area contributed by atoms with Gasteiger partial charge in [-0.1, -0.05) is 18.2 Å². The van der Waals surface area contributed by atoms with Gasteiger partial charge in [0.1, 0.15) is 11.6 Å². The zero-order chi connectivity index (χ0) is 21.1. The highest BCUT2D eigenvalue weighted by atomic mass is 19.1. The molecule has 2 aliphatic rings. The molecule has 0 aromatic heterocycles. The first-order valence-corrected chi connectivity index (χ1v) is 10.9. The van der Waals surface area contributed by atoms with Crippen LogP contribution in [0.25, 0.3) is 0 Å². The minimum atomic E-state index is -0.738. The maximum absolute atomic E-state index is 13.5. The van der Waals surface area contributed by atoms with E-state index in [0.29, 0.717) is 18.4 Å². The molecule has 0 spiro atoms. The Bertz CT molecular complexity index is 896. The first kappa shape index (κ1) is 20.9. The fourth-order valence-electron chi connectivity index (χ4n) is 4.54. The highest BCUT2D eigenvalue weighted by Gasteiger charge is 2.34. The first-order chi connectivity index (χ1) is 14.5. The van der Waals surface area contributed by atoms with Crippen molar-refractivity contribution in [2.24, 2.45) is 11.8 Å². The van der Waals surface area contributed by atoms with Crippen molar-refractivity contribution in [3.63, 3.8) is 0 Å².